The molecule has 37 heavy (non-hydrogen) atoms. The van der Waals surface area contributed by atoms with Crippen molar-refractivity contribution >= 4 is 29.1 Å². The smallest absolute Gasteiger partial charge is 0.353 e. The van der Waals surface area contributed by atoms with Gasteiger partial charge in [-0.2, -0.15) is 18.3 Å². The molecule has 9 heteroatoms. The van der Waals surface area contributed by atoms with E-state index in [2.05, 4.69) is 24.3 Å². The molecule has 0 unspecified atom stereocenters. The van der Waals surface area contributed by atoms with Gasteiger partial charge < -0.3 is 5.32 Å². The number of carbonyl (C=O) groups excluding carboxylic acids is 1. The molecule has 5 atom stereocenters. The van der Waals surface area contributed by atoms with E-state index in [0.717, 1.165) is 36.5 Å². The van der Waals surface area contributed by atoms with Crippen molar-refractivity contribution < 1.29 is 18.0 Å². The Hall–Kier alpha value is -2.51. The molecule has 0 bridgehead atoms. The first-order chi connectivity index (χ1) is 17.5. The minimum Gasteiger partial charge on any atom is -0.353 e. The maximum Gasteiger partial charge on any atom is 0.435 e. The summed E-state index contributed by atoms with van der Waals surface area (Å²) in [7, 11) is 1.49. The molecule has 2 fully saturated rings. The van der Waals surface area contributed by atoms with Crippen molar-refractivity contribution in [2.75, 3.05) is 0 Å². The average molecular weight is 550 g/mol. The number of halogens is 5. The third-order valence-electron chi connectivity index (χ3n) is 8.46. The fourth-order valence-electron chi connectivity index (χ4n) is 6.76. The number of benzene rings is 2. The van der Waals surface area contributed by atoms with Gasteiger partial charge in [0.05, 0.1) is 11.1 Å². The van der Waals surface area contributed by atoms with Gasteiger partial charge in [-0.1, -0.05) is 54.4 Å². The Morgan fingerprint density at radius 1 is 1.14 bits per heavy atom. The van der Waals surface area contributed by atoms with E-state index in [1.54, 1.807) is 12.1 Å². The molecule has 0 spiro atoms. The highest BCUT2D eigenvalue weighted by Crippen LogP contribution is 2.60. The fourth-order valence-corrected chi connectivity index (χ4v) is 7.20. The first kappa shape index (κ1) is 26.1. The van der Waals surface area contributed by atoms with Crippen LogP contribution in [0.15, 0.2) is 48.5 Å². The summed E-state index contributed by atoms with van der Waals surface area (Å²) in [6.45, 7) is 4.14. The van der Waals surface area contributed by atoms with Crippen molar-refractivity contribution in [3.05, 3.63) is 75.4 Å². The molecule has 2 heterocycles. The summed E-state index contributed by atoms with van der Waals surface area (Å²) in [5.41, 5.74) is 1.54. The zero-order valence-corrected chi connectivity index (χ0v) is 22.3. The first-order valence-corrected chi connectivity index (χ1v) is 13.2. The molecule has 1 amide bonds. The lowest BCUT2D eigenvalue weighted by molar-refractivity contribution is -0.141. The minimum absolute atomic E-state index is 0.00999. The predicted molar refractivity (Wildman–Crippen MR) is 139 cm³/mol. The van der Waals surface area contributed by atoms with Crippen LogP contribution >= 0.6 is 23.2 Å². The lowest BCUT2D eigenvalue weighted by atomic mass is 9.54. The van der Waals surface area contributed by atoms with E-state index in [1.165, 1.54) is 11.7 Å². The van der Waals surface area contributed by atoms with Crippen molar-refractivity contribution in [1.29, 1.82) is 0 Å². The van der Waals surface area contributed by atoms with E-state index in [1.807, 2.05) is 30.3 Å². The van der Waals surface area contributed by atoms with E-state index in [0.29, 0.717) is 21.3 Å². The maximum atomic E-state index is 13.2. The van der Waals surface area contributed by atoms with Crippen LogP contribution < -0.4 is 5.32 Å². The van der Waals surface area contributed by atoms with Crippen molar-refractivity contribution in [2.45, 2.75) is 57.2 Å². The minimum atomic E-state index is -4.52. The number of aromatic nitrogens is 2. The highest BCUT2D eigenvalue weighted by atomic mass is 35.5. The van der Waals surface area contributed by atoms with Gasteiger partial charge in [0.2, 0.25) is 5.91 Å². The standard InChI is InChI=1S/C28H28Cl2F3N3O/c1-4-27-12-11-20(24(16-5-8-18(29)9-6-16)25(27)15(2)34-26(27)37)19-10-7-17(13-21(19)30)22-14-23(28(31,32)33)35-36(22)3/h5-10,13-15,20,24-25H,4,11-12H2,1-3H3,(H,34,37)/t15-,20+,24+,25+,27-/m1/s1. The molecule has 2 aliphatic rings. The van der Waals surface area contributed by atoms with Crippen LogP contribution in [0.4, 0.5) is 13.2 Å². The van der Waals surface area contributed by atoms with Crippen molar-refractivity contribution in [2.24, 2.45) is 18.4 Å². The summed E-state index contributed by atoms with van der Waals surface area (Å²) >= 11 is 13.1. The first-order valence-electron chi connectivity index (χ1n) is 12.4. The van der Waals surface area contributed by atoms with Gasteiger partial charge in [-0.3, -0.25) is 9.48 Å². The highest BCUT2D eigenvalue weighted by Gasteiger charge is 2.59. The van der Waals surface area contributed by atoms with Crippen LogP contribution in [0, 0.1) is 11.3 Å². The van der Waals surface area contributed by atoms with Gasteiger partial charge in [0.1, 0.15) is 0 Å². The van der Waals surface area contributed by atoms with E-state index in [-0.39, 0.29) is 29.7 Å². The molecule has 1 saturated carbocycles. The zero-order valence-electron chi connectivity index (χ0n) is 20.7. The van der Waals surface area contributed by atoms with Gasteiger partial charge in [0.25, 0.3) is 0 Å². The quantitative estimate of drug-likeness (QED) is 0.364. The Morgan fingerprint density at radius 2 is 1.84 bits per heavy atom. The summed E-state index contributed by atoms with van der Waals surface area (Å²) in [6, 6.07) is 14.3. The third-order valence-corrected chi connectivity index (χ3v) is 9.04. The summed E-state index contributed by atoms with van der Waals surface area (Å²) in [5.74, 6) is 0.215. The van der Waals surface area contributed by atoms with Crippen LogP contribution in [-0.4, -0.2) is 21.7 Å². The lowest BCUT2D eigenvalue weighted by Crippen LogP contribution is -2.43. The van der Waals surface area contributed by atoms with Crippen LogP contribution in [0.1, 0.15) is 61.8 Å². The number of hydrogen-bond acceptors (Lipinski definition) is 2. The lowest BCUT2D eigenvalue weighted by Gasteiger charge is -2.47. The van der Waals surface area contributed by atoms with E-state index in [4.69, 9.17) is 23.2 Å². The molecule has 1 aliphatic heterocycles. The number of nitrogens with zero attached hydrogens (tertiary/aromatic N) is 2. The van der Waals surface area contributed by atoms with Gasteiger partial charge >= 0.3 is 6.18 Å². The van der Waals surface area contributed by atoms with Gasteiger partial charge in [-0.15, -0.1) is 0 Å². The molecular weight excluding hydrogens is 522 g/mol. The maximum absolute atomic E-state index is 13.2. The summed E-state index contributed by atoms with van der Waals surface area (Å²) in [6.07, 6.45) is -2.27. The summed E-state index contributed by atoms with van der Waals surface area (Å²) < 4.78 is 40.8. The molecule has 2 aromatic carbocycles. The van der Waals surface area contributed by atoms with E-state index < -0.39 is 17.3 Å². The van der Waals surface area contributed by atoms with E-state index >= 15 is 0 Å². The summed E-state index contributed by atoms with van der Waals surface area (Å²) in [4.78, 5) is 13.2. The number of amides is 1. The second-order valence-electron chi connectivity index (χ2n) is 10.3. The van der Waals surface area contributed by atoms with Gasteiger partial charge in [-0.05, 0) is 73.4 Å². The monoisotopic (exact) mass is 549 g/mol. The predicted octanol–water partition coefficient (Wildman–Crippen LogP) is 7.60. The fraction of sp³-hybridized carbons (Fsp3) is 0.429. The Balaban J connectivity index is 1.58. The number of nitrogens with one attached hydrogen (secondary N) is 1. The second kappa shape index (κ2) is 9.35. The van der Waals surface area contributed by atoms with Crippen molar-refractivity contribution in [3.8, 4) is 11.3 Å². The zero-order chi connectivity index (χ0) is 26.7. The second-order valence-corrected chi connectivity index (χ2v) is 11.1. The number of rotatable bonds is 4. The number of alkyl halides is 3. The molecular formula is C28H28Cl2F3N3O. The number of fused-ring (bicyclic) bond motifs is 1. The van der Waals surface area contributed by atoms with Crippen molar-refractivity contribution in [1.82, 2.24) is 15.1 Å². The third kappa shape index (κ3) is 4.34. The highest BCUT2D eigenvalue weighted by molar-refractivity contribution is 6.31. The topological polar surface area (TPSA) is 46.9 Å². The molecule has 1 N–H and O–H groups in total. The number of hydrogen-bond donors (Lipinski definition) is 1. The van der Waals surface area contributed by atoms with Crippen LogP contribution in [0.25, 0.3) is 11.3 Å². The Kier molecular flexibility index (Phi) is 6.60. The average Bonchev–Trinajstić information content (AvgIpc) is 3.36. The normalized spacial score (nSPS) is 27.7. The molecule has 1 saturated heterocycles. The molecule has 196 valence electrons. The van der Waals surface area contributed by atoms with Gasteiger partial charge in [0.15, 0.2) is 5.69 Å². The van der Waals surface area contributed by atoms with Gasteiger partial charge in [-0.25, -0.2) is 0 Å². The molecule has 0 radical (unpaired) electrons. The van der Waals surface area contributed by atoms with Crippen LogP contribution in [0.3, 0.4) is 0 Å². The van der Waals surface area contributed by atoms with E-state index in [9.17, 15) is 18.0 Å². The van der Waals surface area contributed by atoms with Crippen LogP contribution in [-0.2, 0) is 18.0 Å². The van der Waals surface area contributed by atoms with Crippen LogP contribution in [0.2, 0.25) is 10.0 Å². The van der Waals surface area contributed by atoms with Gasteiger partial charge in [0, 0.05) is 34.6 Å². The number of aryl methyl sites for hydroxylation is 1. The molecule has 1 aromatic heterocycles. The van der Waals surface area contributed by atoms with Crippen molar-refractivity contribution in [3.63, 3.8) is 0 Å². The molecule has 5 rings (SSSR count). The molecule has 4 nitrogen and oxygen atoms in total. The molecule has 1 aliphatic carbocycles. The largest absolute Gasteiger partial charge is 0.435 e. The Morgan fingerprint density at radius 3 is 2.43 bits per heavy atom. The van der Waals surface area contributed by atoms with Crippen LogP contribution in [0.5, 0.6) is 0 Å². The Labute approximate surface area is 224 Å². The summed E-state index contributed by atoms with van der Waals surface area (Å²) in [5, 5.41) is 7.96. The number of carbonyl (C=O) groups is 1. The molecule has 3 aromatic rings. The SMILES string of the molecule is CC[C@@]12CC[C@@H](c3ccc(-c4cc(C(F)(F)F)nn4C)cc3Cl)[C@H](c3ccc(Cl)cc3)[C@@H]1[C@@H](C)NC2=O. The Bertz CT molecular complexity index is 1340.